The van der Waals surface area contributed by atoms with Crippen LogP contribution in [0.25, 0.3) is 0 Å². The Morgan fingerprint density at radius 1 is 1.33 bits per heavy atom. The van der Waals surface area contributed by atoms with Gasteiger partial charge in [-0.05, 0) is 23.5 Å². The van der Waals surface area contributed by atoms with Crippen molar-refractivity contribution in [3.63, 3.8) is 0 Å². The van der Waals surface area contributed by atoms with Gasteiger partial charge in [-0.3, -0.25) is 4.79 Å². The number of aryl methyl sites for hydroxylation is 1. The average Bonchev–Trinajstić information content (AvgIpc) is 2.71. The van der Waals surface area contributed by atoms with Gasteiger partial charge in [-0.1, -0.05) is 45.0 Å². The molecule has 1 saturated heterocycles. The van der Waals surface area contributed by atoms with Crippen molar-refractivity contribution in [3.05, 3.63) is 35.4 Å². The van der Waals surface area contributed by atoms with Crippen molar-refractivity contribution >= 4 is 17.7 Å². The minimum atomic E-state index is 0.214. The van der Waals surface area contributed by atoms with E-state index in [-0.39, 0.29) is 11.3 Å². The summed E-state index contributed by atoms with van der Waals surface area (Å²) in [6, 6.07) is 8.68. The molecule has 1 aromatic rings. The predicted octanol–water partition coefficient (Wildman–Crippen LogP) is 3.48. The molecule has 1 amide bonds. The molecule has 18 heavy (non-hydrogen) atoms. The van der Waals surface area contributed by atoms with Gasteiger partial charge in [0.25, 0.3) is 0 Å². The minimum absolute atomic E-state index is 0.214. The summed E-state index contributed by atoms with van der Waals surface area (Å²) in [7, 11) is 0. The summed E-state index contributed by atoms with van der Waals surface area (Å²) in [6.45, 7) is 7.33. The lowest BCUT2D eigenvalue weighted by Crippen LogP contribution is -2.31. The van der Waals surface area contributed by atoms with Crippen LogP contribution in [0, 0.1) is 5.92 Å². The van der Waals surface area contributed by atoms with E-state index < -0.39 is 0 Å². The van der Waals surface area contributed by atoms with Gasteiger partial charge >= 0.3 is 0 Å². The highest BCUT2D eigenvalue weighted by atomic mass is 32.2. The Morgan fingerprint density at radius 2 is 2.00 bits per heavy atom. The Balaban J connectivity index is 2.17. The molecule has 0 spiro atoms. The molecule has 1 aliphatic heterocycles. The highest BCUT2D eigenvalue weighted by Crippen LogP contribution is 2.38. The zero-order chi connectivity index (χ0) is 13.1. The van der Waals surface area contributed by atoms with Crippen molar-refractivity contribution in [2.45, 2.75) is 32.6 Å². The van der Waals surface area contributed by atoms with E-state index in [1.54, 1.807) is 11.8 Å². The molecule has 2 rings (SSSR count). The number of hydrogen-bond donors (Lipinski definition) is 0. The first kappa shape index (κ1) is 13.5. The van der Waals surface area contributed by atoms with Crippen molar-refractivity contribution < 1.29 is 4.79 Å². The van der Waals surface area contributed by atoms with E-state index in [0.717, 1.165) is 13.0 Å². The number of thioether (sulfide) groups is 1. The second-order valence-corrected chi connectivity index (χ2v) is 6.27. The van der Waals surface area contributed by atoms with Gasteiger partial charge < -0.3 is 4.90 Å². The molecule has 0 saturated carbocycles. The Labute approximate surface area is 114 Å². The molecular weight excluding hydrogens is 242 g/mol. The van der Waals surface area contributed by atoms with Crippen LogP contribution in [-0.4, -0.2) is 23.1 Å². The van der Waals surface area contributed by atoms with Crippen LogP contribution in [-0.2, 0) is 11.2 Å². The number of benzene rings is 1. The van der Waals surface area contributed by atoms with Crippen LogP contribution in [0.2, 0.25) is 0 Å². The van der Waals surface area contributed by atoms with E-state index in [0.29, 0.717) is 11.7 Å². The second-order valence-electron chi connectivity index (χ2n) is 5.20. The molecule has 2 nitrogen and oxygen atoms in total. The van der Waals surface area contributed by atoms with E-state index in [2.05, 4.69) is 45.0 Å². The quantitative estimate of drug-likeness (QED) is 0.829. The molecule has 1 fully saturated rings. The summed E-state index contributed by atoms with van der Waals surface area (Å²) in [5, 5.41) is 0.214. The first-order valence-electron chi connectivity index (χ1n) is 6.61. The number of amides is 1. The molecule has 0 aliphatic carbocycles. The highest BCUT2D eigenvalue weighted by molar-refractivity contribution is 8.00. The lowest BCUT2D eigenvalue weighted by atomic mass is 10.1. The van der Waals surface area contributed by atoms with Crippen LogP contribution in [0.5, 0.6) is 0 Å². The summed E-state index contributed by atoms with van der Waals surface area (Å²) in [5.74, 6) is 1.41. The van der Waals surface area contributed by atoms with Gasteiger partial charge in [-0.15, -0.1) is 11.8 Å². The Bertz CT molecular complexity index is 413. The molecule has 98 valence electrons. The zero-order valence-corrected chi connectivity index (χ0v) is 12.2. The van der Waals surface area contributed by atoms with Gasteiger partial charge in [0.2, 0.25) is 5.91 Å². The monoisotopic (exact) mass is 263 g/mol. The van der Waals surface area contributed by atoms with Gasteiger partial charge in [0.15, 0.2) is 0 Å². The number of carbonyl (C=O) groups is 1. The molecular formula is C15H21NOS. The molecule has 1 aromatic carbocycles. The summed E-state index contributed by atoms with van der Waals surface area (Å²) in [6.07, 6.45) is 1.06. The second kappa shape index (κ2) is 5.79. The Hall–Kier alpha value is -0.960. The molecule has 0 aromatic heterocycles. The number of carbonyl (C=O) groups excluding carboxylic acids is 1. The molecule has 1 unspecified atom stereocenters. The van der Waals surface area contributed by atoms with E-state index in [1.807, 2.05) is 4.90 Å². The standard InChI is InChI=1S/C15H21NOS/c1-4-12-5-7-13(8-6-12)15-16(9-11(2)3)14(17)10-18-15/h5-8,11,15H,4,9-10H2,1-3H3. The fourth-order valence-corrected chi connectivity index (χ4v) is 3.44. The molecule has 1 heterocycles. The largest absolute Gasteiger partial charge is 0.326 e. The molecule has 1 atom stereocenters. The third-order valence-corrected chi connectivity index (χ3v) is 4.46. The van der Waals surface area contributed by atoms with Crippen LogP contribution in [0.4, 0.5) is 0 Å². The maximum absolute atomic E-state index is 11.9. The van der Waals surface area contributed by atoms with Gasteiger partial charge in [0, 0.05) is 6.54 Å². The van der Waals surface area contributed by atoms with Crippen LogP contribution < -0.4 is 0 Å². The Morgan fingerprint density at radius 3 is 2.56 bits per heavy atom. The smallest absolute Gasteiger partial charge is 0.233 e. The predicted molar refractivity (Wildman–Crippen MR) is 77.6 cm³/mol. The molecule has 3 heteroatoms. The van der Waals surface area contributed by atoms with E-state index in [9.17, 15) is 4.79 Å². The van der Waals surface area contributed by atoms with Gasteiger partial charge in [0.1, 0.15) is 5.37 Å². The van der Waals surface area contributed by atoms with Crippen molar-refractivity contribution in [2.24, 2.45) is 5.92 Å². The van der Waals surface area contributed by atoms with E-state index >= 15 is 0 Å². The van der Waals surface area contributed by atoms with Crippen LogP contribution in [0.1, 0.15) is 37.3 Å². The summed E-state index contributed by atoms with van der Waals surface area (Å²) >= 11 is 1.74. The summed E-state index contributed by atoms with van der Waals surface area (Å²) in [5.41, 5.74) is 2.60. The zero-order valence-electron chi connectivity index (χ0n) is 11.3. The van der Waals surface area contributed by atoms with Crippen molar-refractivity contribution in [3.8, 4) is 0 Å². The number of rotatable bonds is 4. The fraction of sp³-hybridized carbons (Fsp3) is 0.533. The minimum Gasteiger partial charge on any atom is -0.326 e. The summed E-state index contributed by atoms with van der Waals surface area (Å²) < 4.78 is 0. The van der Waals surface area contributed by atoms with Crippen molar-refractivity contribution in [2.75, 3.05) is 12.3 Å². The molecule has 0 bridgehead atoms. The third-order valence-electron chi connectivity index (χ3n) is 3.20. The highest BCUT2D eigenvalue weighted by Gasteiger charge is 2.32. The normalized spacial score (nSPS) is 19.9. The van der Waals surface area contributed by atoms with Gasteiger partial charge in [-0.2, -0.15) is 0 Å². The molecule has 1 aliphatic rings. The molecule has 0 radical (unpaired) electrons. The topological polar surface area (TPSA) is 20.3 Å². The molecule has 0 N–H and O–H groups in total. The van der Waals surface area contributed by atoms with Gasteiger partial charge in [-0.25, -0.2) is 0 Å². The van der Waals surface area contributed by atoms with Crippen molar-refractivity contribution in [1.29, 1.82) is 0 Å². The van der Waals surface area contributed by atoms with Gasteiger partial charge in [0.05, 0.1) is 5.75 Å². The van der Waals surface area contributed by atoms with Crippen LogP contribution in [0.3, 0.4) is 0 Å². The fourth-order valence-electron chi connectivity index (χ4n) is 2.24. The van der Waals surface area contributed by atoms with E-state index in [4.69, 9.17) is 0 Å². The SMILES string of the molecule is CCc1ccc(C2SCC(=O)N2CC(C)C)cc1. The summed E-state index contributed by atoms with van der Waals surface area (Å²) in [4.78, 5) is 13.9. The third kappa shape index (κ3) is 2.89. The number of nitrogens with zero attached hydrogens (tertiary/aromatic N) is 1. The lowest BCUT2D eigenvalue weighted by Gasteiger charge is -2.26. The number of hydrogen-bond acceptors (Lipinski definition) is 2. The Kier molecular flexibility index (Phi) is 4.33. The lowest BCUT2D eigenvalue weighted by molar-refractivity contribution is -0.128. The van der Waals surface area contributed by atoms with Crippen molar-refractivity contribution in [1.82, 2.24) is 4.90 Å². The maximum Gasteiger partial charge on any atom is 0.233 e. The first-order valence-corrected chi connectivity index (χ1v) is 7.66. The first-order chi connectivity index (χ1) is 8.61. The van der Waals surface area contributed by atoms with E-state index in [1.165, 1.54) is 11.1 Å². The maximum atomic E-state index is 11.9. The van der Waals surface area contributed by atoms with Crippen LogP contribution >= 0.6 is 11.8 Å². The average molecular weight is 263 g/mol. The van der Waals surface area contributed by atoms with Crippen LogP contribution in [0.15, 0.2) is 24.3 Å².